The summed E-state index contributed by atoms with van der Waals surface area (Å²) in [5.41, 5.74) is 1.77. The van der Waals surface area contributed by atoms with E-state index in [9.17, 15) is 8.42 Å². The van der Waals surface area contributed by atoms with Crippen molar-refractivity contribution in [2.45, 2.75) is 31.9 Å². The van der Waals surface area contributed by atoms with Crippen LogP contribution < -0.4 is 0 Å². The van der Waals surface area contributed by atoms with Crippen LogP contribution in [0.2, 0.25) is 0 Å². The van der Waals surface area contributed by atoms with E-state index in [1.54, 1.807) is 16.7 Å². The minimum absolute atomic E-state index is 0.0511. The van der Waals surface area contributed by atoms with E-state index in [1.807, 2.05) is 6.92 Å². The molecule has 0 spiro atoms. The third-order valence-electron chi connectivity index (χ3n) is 4.64. The van der Waals surface area contributed by atoms with Crippen LogP contribution in [0.5, 0.6) is 0 Å². The van der Waals surface area contributed by atoms with Crippen molar-refractivity contribution in [3.63, 3.8) is 0 Å². The lowest BCUT2D eigenvalue weighted by Gasteiger charge is -2.41. The van der Waals surface area contributed by atoms with Crippen LogP contribution in [-0.2, 0) is 14.8 Å². The highest BCUT2D eigenvalue weighted by molar-refractivity contribution is 7.88. The monoisotopic (exact) mass is 340 g/mol. The maximum Gasteiger partial charge on any atom is 0.211 e. The Morgan fingerprint density at radius 3 is 2.52 bits per heavy atom. The molecule has 128 valence electrons. The number of nitrogens with zero attached hydrogens (tertiary/aromatic N) is 4. The summed E-state index contributed by atoms with van der Waals surface area (Å²) in [6.45, 7) is 5.49. The van der Waals surface area contributed by atoms with E-state index in [1.165, 1.54) is 6.26 Å². The summed E-state index contributed by atoms with van der Waals surface area (Å²) in [5.74, 6) is 0. The minimum Gasteiger partial charge on any atom is -0.369 e. The van der Waals surface area contributed by atoms with Crippen LogP contribution in [0.3, 0.4) is 0 Å². The minimum atomic E-state index is -3.07. The third-order valence-corrected chi connectivity index (χ3v) is 5.94. The number of hydrogen-bond acceptors (Lipinski definition) is 6. The molecule has 0 aromatic carbocycles. The summed E-state index contributed by atoms with van der Waals surface area (Å²) >= 11 is 0. The molecule has 2 saturated heterocycles. The van der Waals surface area contributed by atoms with Crippen molar-refractivity contribution in [2.24, 2.45) is 0 Å². The van der Waals surface area contributed by atoms with Crippen molar-refractivity contribution in [3.05, 3.63) is 23.8 Å². The van der Waals surface area contributed by atoms with Gasteiger partial charge in [0.25, 0.3) is 0 Å². The highest BCUT2D eigenvalue weighted by atomic mass is 32.2. The average Bonchev–Trinajstić information content (AvgIpc) is 2.55. The van der Waals surface area contributed by atoms with Crippen molar-refractivity contribution < 1.29 is 13.2 Å². The van der Waals surface area contributed by atoms with Gasteiger partial charge in [-0.05, 0) is 19.8 Å². The van der Waals surface area contributed by atoms with Gasteiger partial charge in [-0.15, -0.1) is 0 Å². The van der Waals surface area contributed by atoms with Gasteiger partial charge in [-0.25, -0.2) is 12.7 Å². The molecule has 2 aliphatic rings. The molecule has 0 amide bonds. The molecule has 0 N–H and O–H groups in total. The largest absolute Gasteiger partial charge is 0.369 e. The number of piperidine rings is 1. The molecule has 23 heavy (non-hydrogen) atoms. The van der Waals surface area contributed by atoms with Crippen molar-refractivity contribution in [3.8, 4) is 0 Å². The first-order valence-electron chi connectivity index (χ1n) is 8.03. The first-order valence-corrected chi connectivity index (χ1v) is 9.87. The Balaban J connectivity index is 1.60. The quantitative estimate of drug-likeness (QED) is 0.801. The summed E-state index contributed by atoms with van der Waals surface area (Å²) in [6, 6.07) is 0.415. The predicted octanol–water partition coefficient (Wildman–Crippen LogP) is 0.582. The van der Waals surface area contributed by atoms with Gasteiger partial charge in [0.15, 0.2) is 0 Å². The average molecular weight is 340 g/mol. The molecule has 7 nitrogen and oxygen atoms in total. The summed E-state index contributed by atoms with van der Waals surface area (Å²) in [5, 5.41) is 0. The van der Waals surface area contributed by atoms with Gasteiger partial charge in [-0.1, -0.05) is 0 Å². The van der Waals surface area contributed by atoms with Gasteiger partial charge in [0.2, 0.25) is 10.0 Å². The fraction of sp³-hybridized carbons (Fsp3) is 0.733. The predicted molar refractivity (Wildman–Crippen MR) is 86.5 cm³/mol. The third kappa shape index (κ3) is 4.06. The highest BCUT2D eigenvalue weighted by Gasteiger charge is 2.32. The topological polar surface area (TPSA) is 75.6 Å². The van der Waals surface area contributed by atoms with Crippen LogP contribution in [0.1, 0.15) is 30.3 Å². The molecule has 0 unspecified atom stereocenters. The van der Waals surface area contributed by atoms with Crippen molar-refractivity contribution >= 4 is 10.0 Å². The fourth-order valence-corrected chi connectivity index (χ4v) is 4.16. The van der Waals surface area contributed by atoms with E-state index in [0.717, 1.165) is 37.3 Å². The maximum absolute atomic E-state index is 11.6. The molecule has 2 aliphatic heterocycles. The van der Waals surface area contributed by atoms with Crippen LogP contribution in [0.4, 0.5) is 0 Å². The zero-order valence-electron chi connectivity index (χ0n) is 13.7. The SMILES string of the molecule is Cc1cnc([C@@H]2CN(C3CCN(S(C)(=O)=O)CC3)CCO2)cn1. The zero-order chi connectivity index (χ0) is 16.4. The molecule has 0 aliphatic carbocycles. The second-order valence-electron chi connectivity index (χ2n) is 6.33. The molecule has 1 atom stereocenters. The number of aryl methyl sites for hydroxylation is 1. The van der Waals surface area contributed by atoms with Crippen LogP contribution in [-0.4, -0.2) is 72.7 Å². The summed E-state index contributed by atoms with van der Waals surface area (Å²) < 4.78 is 30.6. The van der Waals surface area contributed by atoms with Crippen LogP contribution in [0.15, 0.2) is 12.4 Å². The lowest BCUT2D eigenvalue weighted by molar-refractivity contribution is -0.0529. The smallest absolute Gasteiger partial charge is 0.211 e. The van der Waals surface area contributed by atoms with Gasteiger partial charge < -0.3 is 4.74 Å². The zero-order valence-corrected chi connectivity index (χ0v) is 14.5. The molecule has 2 fully saturated rings. The Hall–Kier alpha value is -1.09. The van der Waals surface area contributed by atoms with E-state index in [-0.39, 0.29) is 6.10 Å². The van der Waals surface area contributed by atoms with Crippen LogP contribution >= 0.6 is 0 Å². The number of aromatic nitrogens is 2. The highest BCUT2D eigenvalue weighted by Crippen LogP contribution is 2.25. The number of hydrogen-bond donors (Lipinski definition) is 0. The Morgan fingerprint density at radius 2 is 1.91 bits per heavy atom. The molecule has 0 radical (unpaired) electrons. The molecule has 0 saturated carbocycles. The molecular formula is C15H24N4O3S. The fourth-order valence-electron chi connectivity index (χ4n) is 3.29. The van der Waals surface area contributed by atoms with E-state index < -0.39 is 10.0 Å². The van der Waals surface area contributed by atoms with Gasteiger partial charge in [0, 0.05) is 38.4 Å². The lowest BCUT2D eigenvalue weighted by atomic mass is 10.0. The summed E-state index contributed by atoms with van der Waals surface area (Å²) in [7, 11) is -3.07. The van der Waals surface area contributed by atoms with Gasteiger partial charge in [0.1, 0.15) is 6.10 Å². The summed E-state index contributed by atoms with van der Waals surface area (Å²) in [4.78, 5) is 11.1. The molecular weight excluding hydrogens is 316 g/mol. The molecule has 1 aromatic heterocycles. The van der Waals surface area contributed by atoms with Gasteiger partial charge in [-0.2, -0.15) is 0 Å². The van der Waals surface area contributed by atoms with Crippen LogP contribution in [0.25, 0.3) is 0 Å². The molecule has 3 rings (SSSR count). The van der Waals surface area contributed by atoms with Gasteiger partial charge >= 0.3 is 0 Å². The first kappa shape index (κ1) is 16.8. The van der Waals surface area contributed by atoms with E-state index in [4.69, 9.17) is 4.74 Å². The Morgan fingerprint density at radius 1 is 1.17 bits per heavy atom. The van der Waals surface area contributed by atoms with E-state index in [0.29, 0.717) is 25.7 Å². The first-order chi connectivity index (χ1) is 10.9. The standard InChI is InChI=1S/C15H24N4O3S/c1-12-9-17-14(10-16-12)15-11-18(7-8-22-15)13-3-5-19(6-4-13)23(2,20)21/h9-10,13,15H,3-8,11H2,1-2H3/t15-/m0/s1. The number of sulfonamides is 1. The normalized spacial score (nSPS) is 25.6. The number of morpholine rings is 1. The van der Waals surface area contributed by atoms with Crippen molar-refractivity contribution in [1.29, 1.82) is 0 Å². The van der Waals surface area contributed by atoms with Crippen molar-refractivity contribution in [2.75, 3.05) is 39.0 Å². The molecule has 3 heterocycles. The maximum atomic E-state index is 11.6. The lowest BCUT2D eigenvalue weighted by Crippen LogP contribution is -2.50. The second kappa shape index (κ2) is 6.80. The molecule has 8 heteroatoms. The number of ether oxygens (including phenoxy) is 1. The van der Waals surface area contributed by atoms with Gasteiger partial charge in [0.05, 0.1) is 30.4 Å². The van der Waals surface area contributed by atoms with E-state index >= 15 is 0 Å². The van der Waals surface area contributed by atoms with Gasteiger partial charge in [-0.3, -0.25) is 14.9 Å². The Bertz CT molecular complexity index is 627. The Labute approximate surface area is 137 Å². The Kier molecular flexibility index (Phi) is 4.96. The van der Waals surface area contributed by atoms with Crippen molar-refractivity contribution in [1.82, 2.24) is 19.2 Å². The molecule has 0 bridgehead atoms. The summed E-state index contributed by atoms with van der Waals surface area (Å²) in [6.07, 6.45) is 6.54. The second-order valence-corrected chi connectivity index (χ2v) is 8.31. The van der Waals surface area contributed by atoms with E-state index in [2.05, 4.69) is 14.9 Å². The number of rotatable bonds is 3. The molecule has 1 aromatic rings. The van der Waals surface area contributed by atoms with Crippen LogP contribution in [0, 0.1) is 6.92 Å².